The molecule has 0 amide bonds. The maximum atomic E-state index is 12.6. The van der Waals surface area contributed by atoms with Crippen molar-refractivity contribution < 1.29 is 9.84 Å². The number of benzene rings is 2. The SMILES string of the molecule is CCOc1ccc(-c2n[nH]c(=O)c3c2C(c2ccc(O)cc2)n2nnnc2N3)cc1. The lowest BCUT2D eigenvalue weighted by Crippen LogP contribution is -2.29. The summed E-state index contributed by atoms with van der Waals surface area (Å²) in [6.45, 7) is 2.49. The van der Waals surface area contributed by atoms with Crippen LogP contribution in [0.25, 0.3) is 11.3 Å². The maximum Gasteiger partial charge on any atom is 0.288 e. The molecule has 0 radical (unpaired) electrons. The fourth-order valence-electron chi connectivity index (χ4n) is 3.60. The number of phenolic OH excluding ortho intramolecular Hbond substituents is 1. The number of fused-ring (bicyclic) bond motifs is 2. The highest BCUT2D eigenvalue weighted by molar-refractivity contribution is 5.75. The van der Waals surface area contributed by atoms with Gasteiger partial charge in [0.1, 0.15) is 23.2 Å². The number of aromatic amines is 1. The van der Waals surface area contributed by atoms with E-state index in [-0.39, 0.29) is 11.3 Å². The Balaban J connectivity index is 1.73. The van der Waals surface area contributed by atoms with E-state index < -0.39 is 6.04 Å². The minimum Gasteiger partial charge on any atom is -0.508 e. The number of aromatic hydroxyl groups is 1. The average Bonchev–Trinajstić information content (AvgIpc) is 3.23. The highest BCUT2D eigenvalue weighted by Gasteiger charge is 2.34. The monoisotopic (exact) mass is 403 g/mol. The lowest BCUT2D eigenvalue weighted by molar-refractivity contribution is 0.340. The van der Waals surface area contributed by atoms with Crippen LogP contribution in [0, 0.1) is 0 Å². The van der Waals surface area contributed by atoms with Gasteiger partial charge in [0.25, 0.3) is 5.56 Å². The number of aromatic nitrogens is 6. The summed E-state index contributed by atoms with van der Waals surface area (Å²) < 4.78 is 7.11. The van der Waals surface area contributed by atoms with Gasteiger partial charge in [0.2, 0.25) is 5.95 Å². The molecule has 0 bridgehead atoms. The van der Waals surface area contributed by atoms with Crippen LogP contribution in [0.3, 0.4) is 0 Å². The lowest BCUT2D eigenvalue weighted by atomic mass is 9.92. The van der Waals surface area contributed by atoms with Crippen LogP contribution >= 0.6 is 0 Å². The molecule has 5 rings (SSSR count). The van der Waals surface area contributed by atoms with Crippen molar-refractivity contribution in [2.45, 2.75) is 13.0 Å². The number of hydrogen-bond acceptors (Lipinski definition) is 8. The molecule has 30 heavy (non-hydrogen) atoms. The van der Waals surface area contributed by atoms with E-state index in [4.69, 9.17) is 4.74 Å². The second-order valence-corrected chi connectivity index (χ2v) is 6.71. The highest BCUT2D eigenvalue weighted by atomic mass is 16.5. The van der Waals surface area contributed by atoms with Gasteiger partial charge in [0.15, 0.2) is 0 Å². The topological polar surface area (TPSA) is 131 Å². The van der Waals surface area contributed by atoms with E-state index in [1.54, 1.807) is 28.9 Å². The molecule has 0 saturated carbocycles. The molecule has 10 heteroatoms. The van der Waals surface area contributed by atoms with Gasteiger partial charge in [0.05, 0.1) is 12.3 Å². The van der Waals surface area contributed by atoms with E-state index in [0.717, 1.165) is 16.9 Å². The molecule has 150 valence electrons. The van der Waals surface area contributed by atoms with Crippen LogP contribution in [0.5, 0.6) is 11.5 Å². The third-order valence-electron chi connectivity index (χ3n) is 4.92. The molecule has 1 atom stereocenters. The second kappa shape index (κ2) is 6.99. The molecule has 0 saturated heterocycles. The van der Waals surface area contributed by atoms with E-state index in [0.29, 0.717) is 29.5 Å². The maximum absolute atomic E-state index is 12.6. The molecular weight excluding hydrogens is 386 g/mol. The van der Waals surface area contributed by atoms with Gasteiger partial charge in [-0.25, -0.2) is 5.10 Å². The number of tetrazole rings is 1. The van der Waals surface area contributed by atoms with Gasteiger partial charge in [-0.3, -0.25) is 4.79 Å². The molecule has 0 spiro atoms. The summed E-state index contributed by atoms with van der Waals surface area (Å²) in [7, 11) is 0. The molecule has 4 aromatic rings. The quantitative estimate of drug-likeness (QED) is 0.416. The number of anilines is 2. The molecule has 0 fully saturated rings. The standard InChI is InChI=1S/C20H17N7O3/c1-2-30-14-9-5-11(6-10-14)16-15-17(19(29)23-22-16)21-20-24-25-26-27(20)18(15)12-3-7-13(28)8-4-12/h3-10,18,28H,2H2,1H3,(H,23,29)(H,21,24,26). The predicted octanol–water partition coefficient (Wildman–Crippen LogP) is 2.22. The van der Waals surface area contributed by atoms with E-state index in [2.05, 4.69) is 31.0 Å². The van der Waals surface area contributed by atoms with Crippen molar-refractivity contribution in [2.75, 3.05) is 11.9 Å². The summed E-state index contributed by atoms with van der Waals surface area (Å²) in [5, 5.41) is 31.4. The van der Waals surface area contributed by atoms with Crippen molar-refractivity contribution >= 4 is 11.6 Å². The zero-order chi connectivity index (χ0) is 20.7. The molecule has 10 nitrogen and oxygen atoms in total. The first-order valence-corrected chi connectivity index (χ1v) is 9.35. The van der Waals surface area contributed by atoms with Crippen LogP contribution in [0.2, 0.25) is 0 Å². The average molecular weight is 403 g/mol. The Morgan fingerprint density at radius 1 is 1.13 bits per heavy atom. The van der Waals surface area contributed by atoms with Gasteiger partial charge < -0.3 is 15.2 Å². The molecule has 3 N–H and O–H groups in total. The number of nitrogens with zero attached hydrogens (tertiary/aromatic N) is 5. The predicted molar refractivity (Wildman–Crippen MR) is 108 cm³/mol. The summed E-state index contributed by atoms with van der Waals surface area (Å²) in [5.74, 6) is 1.23. The Kier molecular flexibility index (Phi) is 4.16. The van der Waals surface area contributed by atoms with E-state index in [9.17, 15) is 9.90 Å². The van der Waals surface area contributed by atoms with E-state index in [1.807, 2.05) is 31.2 Å². The van der Waals surface area contributed by atoms with Gasteiger partial charge in [-0.2, -0.15) is 9.78 Å². The summed E-state index contributed by atoms with van der Waals surface area (Å²) in [4.78, 5) is 12.6. The van der Waals surface area contributed by atoms with Crippen molar-refractivity contribution in [1.29, 1.82) is 0 Å². The van der Waals surface area contributed by atoms with Crippen LogP contribution in [0.15, 0.2) is 53.3 Å². The third kappa shape index (κ3) is 2.85. The van der Waals surface area contributed by atoms with Gasteiger partial charge in [-0.15, -0.1) is 0 Å². The Morgan fingerprint density at radius 2 is 1.90 bits per heavy atom. The van der Waals surface area contributed by atoms with Gasteiger partial charge in [-0.05, 0) is 59.3 Å². The Bertz CT molecular complexity index is 1260. The number of rotatable bonds is 4. The highest BCUT2D eigenvalue weighted by Crippen LogP contribution is 2.41. The Labute approximate surface area is 170 Å². The Morgan fingerprint density at radius 3 is 2.63 bits per heavy atom. The molecule has 2 aromatic carbocycles. The van der Waals surface area contributed by atoms with Crippen molar-refractivity contribution in [3.63, 3.8) is 0 Å². The largest absolute Gasteiger partial charge is 0.508 e. The van der Waals surface area contributed by atoms with Crippen LogP contribution in [0.4, 0.5) is 11.6 Å². The van der Waals surface area contributed by atoms with E-state index in [1.165, 1.54) is 0 Å². The fraction of sp³-hybridized carbons (Fsp3) is 0.150. The first-order valence-electron chi connectivity index (χ1n) is 9.35. The van der Waals surface area contributed by atoms with Crippen molar-refractivity contribution in [2.24, 2.45) is 0 Å². The molecule has 0 aliphatic carbocycles. The normalized spacial score (nSPS) is 14.5. The van der Waals surface area contributed by atoms with Gasteiger partial charge in [-0.1, -0.05) is 17.2 Å². The zero-order valence-corrected chi connectivity index (χ0v) is 15.9. The third-order valence-corrected chi connectivity index (χ3v) is 4.92. The van der Waals surface area contributed by atoms with Crippen LogP contribution in [-0.4, -0.2) is 42.1 Å². The summed E-state index contributed by atoms with van der Waals surface area (Å²) in [6.07, 6.45) is 0. The molecule has 1 aliphatic rings. The van der Waals surface area contributed by atoms with Crippen molar-refractivity contribution in [1.82, 2.24) is 30.4 Å². The second-order valence-electron chi connectivity index (χ2n) is 6.71. The van der Waals surface area contributed by atoms with Crippen LogP contribution in [0.1, 0.15) is 24.1 Å². The summed E-state index contributed by atoms with van der Waals surface area (Å²) >= 11 is 0. The first kappa shape index (κ1) is 17.9. The minimum atomic E-state index is -0.511. The fourth-order valence-corrected chi connectivity index (χ4v) is 3.60. The van der Waals surface area contributed by atoms with Gasteiger partial charge >= 0.3 is 0 Å². The van der Waals surface area contributed by atoms with Crippen LogP contribution in [-0.2, 0) is 0 Å². The summed E-state index contributed by atoms with van der Waals surface area (Å²) in [5.41, 5.74) is 2.76. The number of ether oxygens (including phenoxy) is 1. The Hall–Kier alpha value is -4.21. The van der Waals surface area contributed by atoms with Crippen molar-refractivity contribution in [3.8, 4) is 22.8 Å². The van der Waals surface area contributed by atoms with Gasteiger partial charge in [0, 0.05) is 11.1 Å². The molecule has 3 heterocycles. The lowest BCUT2D eigenvalue weighted by Gasteiger charge is -2.27. The van der Waals surface area contributed by atoms with Crippen LogP contribution < -0.4 is 15.6 Å². The molecule has 1 unspecified atom stereocenters. The zero-order valence-electron chi connectivity index (χ0n) is 15.9. The smallest absolute Gasteiger partial charge is 0.288 e. The van der Waals surface area contributed by atoms with Crippen molar-refractivity contribution in [3.05, 3.63) is 70.0 Å². The number of nitrogens with one attached hydrogen (secondary N) is 2. The van der Waals surface area contributed by atoms with E-state index >= 15 is 0 Å². The first-order chi connectivity index (χ1) is 14.7. The minimum absolute atomic E-state index is 0.139. The number of H-pyrrole nitrogens is 1. The summed E-state index contributed by atoms with van der Waals surface area (Å²) in [6, 6.07) is 13.7. The molecule has 2 aromatic heterocycles. The number of hydrogen-bond donors (Lipinski definition) is 3. The molecule has 1 aliphatic heterocycles. The number of phenols is 1. The molecular formula is C20H17N7O3.